The van der Waals surface area contributed by atoms with E-state index in [-0.39, 0.29) is 11.0 Å². The Kier molecular flexibility index (Phi) is 6.18. The van der Waals surface area contributed by atoms with Crippen molar-refractivity contribution in [1.82, 2.24) is 14.5 Å². The van der Waals surface area contributed by atoms with Gasteiger partial charge in [-0.05, 0) is 42.9 Å². The molecule has 0 atom stereocenters. The molecule has 174 valence electrons. The van der Waals surface area contributed by atoms with Gasteiger partial charge in [0.25, 0.3) is 5.56 Å². The number of aromatic nitrogens is 3. The van der Waals surface area contributed by atoms with Gasteiger partial charge in [-0.2, -0.15) is 0 Å². The van der Waals surface area contributed by atoms with E-state index in [1.54, 1.807) is 6.20 Å². The first-order chi connectivity index (χ1) is 16.6. The molecule has 4 aromatic rings. The summed E-state index contributed by atoms with van der Waals surface area (Å²) in [4.78, 5) is 23.4. The van der Waals surface area contributed by atoms with Crippen LogP contribution in [0.15, 0.2) is 71.7 Å². The monoisotopic (exact) mass is 453 g/mol. The van der Waals surface area contributed by atoms with Gasteiger partial charge in [-0.1, -0.05) is 74.9 Å². The highest BCUT2D eigenvalue weighted by Crippen LogP contribution is 2.45. The molecule has 5 rings (SSSR count). The van der Waals surface area contributed by atoms with Crippen LogP contribution in [0.1, 0.15) is 44.2 Å². The van der Waals surface area contributed by atoms with E-state index in [1.165, 1.54) is 11.1 Å². The molecule has 1 saturated carbocycles. The Morgan fingerprint density at radius 1 is 1.00 bits per heavy atom. The van der Waals surface area contributed by atoms with Crippen molar-refractivity contribution in [1.29, 1.82) is 0 Å². The summed E-state index contributed by atoms with van der Waals surface area (Å²) in [5.41, 5.74) is 4.15. The molecule has 2 heterocycles. The van der Waals surface area contributed by atoms with Crippen molar-refractivity contribution in [2.45, 2.75) is 52.5 Å². The van der Waals surface area contributed by atoms with Crippen LogP contribution >= 0.6 is 0 Å². The number of hydrogen-bond donors (Lipinski definition) is 0. The summed E-state index contributed by atoms with van der Waals surface area (Å²) in [6, 6.07) is 20.3. The highest BCUT2D eigenvalue weighted by atomic mass is 16.5. The van der Waals surface area contributed by atoms with Gasteiger partial charge in [-0.25, -0.2) is 9.97 Å². The van der Waals surface area contributed by atoms with Crippen molar-refractivity contribution in [2.75, 3.05) is 6.61 Å². The first kappa shape index (κ1) is 22.3. The van der Waals surface area contributed by atoms with Gasteiger partial charge in [0.2, 0.25) is 5.88 Å². The van der Waals surface area contributed by atoms with Crippen molar-refractivity contribution in [2.24, 2.45) is 5.41 Å². The molecule has 0 radical (unpaired) electrons. The maximum absolute atomic E-state index is 14.0. The lowest BCUT2D eigenvalue weighted by atomic mass is 10.0. The Labute approximate surface area is 200 Å². The zero-order chi connectivity index (χ0) is 23.5. The topological polar surface area (TPSA) is 57.0 Å². The Balaban J connectivity index is 1.64. The van der Waals surface area contributed by atoms with Crippen LogP contribution in [-0.2, 0) is 19.4 Å². The van der Waals surface area contributed by atoms with Crippen molar-refractivity contribution < 1.29 is 4.74 Å². The minimum Gasteiger partial charge on any atom is -0.476 e. The molecule has 2 aromatic carbocycles. The van der Waals surface area contributed by atoms with Gasteiger partial charge in [-0.15, -0.1) is 0 Å². The van der Waals surface area contributed by atoms with E-state index in [9.17, 15) is 4.79 Å². The average molecular weight is 454 g/mol. The molecule has 0 amide bonds. The average Bonchev–Trinajstić information content (AvgIpc) is 3.60. The van der Waals surface area contributed by atoms with Gasteiger partial charge in [-0.3, -0.25) is 9.36 Å². The quantitative estimate of drug-likeness (QED) is 0.320. The van der Waals surface area contributed by atoms with Crippen molar-refractivity contribution in [3.63, 3.8) is 0 Å². The van der Waals surface area contributed by atoms with Crippen LogP contribution in [0, 0.1) is 5.41 Å². The summed E-state index contributed by atoms with van der Waals surface area (Å²) in [6.45, 7) is 5.48. The maximum Gasteiger partial charge on any atom is 0.267 e. The van der Waals surface area contributed by atoms with E-state index < -0.39 is 0 Å². The molecule has 0 N–H and O–H groups in total. The Morgan fingerprint density at radius 3 is 2.53 bits per heavy atom. The summed E-state index contributed by atoms with van der Waals surface area (Å²) in [7, 11) is 0. The summed E-state index contributed by atoms with van der Waals surface area (Å²) < 4.78 is 7.90. The zero-order valence-corrected chi connectivity index (χ0v) is 20.0. The third-order valence-electron chi connectivity index (χ3n) is 6.74. The molecule has 0 saturated heterocycles. The molecule has 5 nitrogen and oxygen atoms in total. The van der Waals surface area contributed by atoms with Gasteiger partial charge in [0, 0.05) is 23.7 Å². The number of hydrogen-bond acceptors (Lipinski definition) is 4. The molecule has 1 aliphatic rings. The molecule has 2 aromatic heterocycles. The number of fused-ring (bicyclic) bond motifs is 1. The van der Waals surface area contributed by atoms with E-state index in [2.05, 4.69) is 49.2 Å². The summed E-state index contributed by atoms with van der Waals surface area (Å²) in [5.74, 6) is 1.11. The number of benzene rings is 2. The fourth-order valence-electron chi connectivity index (χ4n) is 4.37. The number of pyridine rings is 1. The van der Waals surface area contributed by atoms with E-state index in [0.717, 1.165) is 37.7 Å². The van der Waals surface area contributed by atoms with Crippen LogP contribution in [0.5, 0.6) is 5.88 Å². The molecule has 0 bridgehead atoms. The van der Waals surface area contributed by atoms with E-state index >= 15 is 0 Å². The van der Waals surface area contributed by atoms with Crippen LogP contribution in [0.2, 0.25) is 0 Å². The van der Waals surface area contributed by atoms with Gasteiger partial charge in [0.15, 0.2) is 0 Å². The lowest BCUT2D eigenvalue weighted by Gasteiger charge is -2.18. The van der Waals surface area contributed by atoms with Crippen LogP contribution in [0.4, 0.5) is 0 Å². The largest absolute Gasteiger partial charge is 0.476 e. The second kappa shape index (κ2) is 9.41. The SMILES string of the molecule is CCCc1ccccc1-c1nc2ccnc(OCC3(C)CC3)c2c(=O)n1CCc1ccccc1. The normalized spacial score (nSPS) is 14.3. The Hall–Kier alpha value is -3.47. The number of rotatable bonds is 9. The zero-order valence-electron chi connectivity index (χ0n) is 20.0. The van der Waals surface area contributed by atoms with Crippen LogP contribution in [0.3, 0.4) is 0 Å². The highest BCUT2D eigenvalue weighted by Gasteiger charge is 2.38. The maximum atomic E-state index is 14.0. The lowest BCUT2D eigenvalue weighted by molar-refractivity contribution is 0.241. The van der Waals surface area contributed by atoms with Crippen LogP contribution in [-0.4, -0.2) is 21.1 Å². The van der Waals surface area contributed by atoms with Gasteiger partial charge < -0.3 is 4.74 Å². The van der Waals surface area contributed by atoms with Crippen molar-refractivity contribution >= 4 is 10.9 Å². The fourth-order valence-corrected chi connectivity index (χ4v) is 4.37. The number of ether oxygens (including phenoxy) is 1. The lowest BCUT2D eigenvalue weighted by Crippen LogP contribution is -2.26. The number of nitrogens with zero attached hydrogens (tertiary/aromatic N) is 3. The first-order valence-electron chi connectivity index (χ1n) is 12.2. The molecule has 0 spiro atoms. The van der Waals surface area contributed by atoms with E-state index in [0.29, 0.717) is 35.8 Å². The number of aryl methyl sites for hydroxylation is 2. The molecular formula is C29H31N3O2. The summed E-state index contributed by atoms with van der Waals surface area (Å²) in [6.07, 6.45) is 6.69. The second-order valence-corrected chi connectivity index (χ2v) is 9.64. The van der Waals surface area contributed by atoms with Crippen LogP contribution in [0.25, 0.3) is 22.3 Å². The molecular weight excluding hydrogens is 422 g/mol. The van der Waals surface area contributed by atoms with Crippen molar-refractivity contribution in [3.05, 3.63) is 88.3 Å². The first-order valence-corrected chi connectivity index (χ1v) is 12.2. The standard InChI is InChI=1S/C29H31N3O2/c1-3-9-22-12-7-8-13-23(22)26-31-24-14-18-30-27(34-20-29(2)16-17-29)25(24)28(33)32(26)19-15-21-10-5-4-6-11-21/h4-8,10-14,18H,3,9,15-17,19-20H2,1-2H3. The van der Waals surface area contributed by atoms with E-state index in [4.69, 9.17) is 9.72 Å². The second-order valence-electron chi connectivity index (χ2n) is 9.64. The molecule has 1 aliphatic carbocycles. The molecule has 1 fully saturated rings. The van der Waals surface area contributed by atoms with Gasteiger partial charge in [0.05, 0.1) is 12.1 Å². The fraction of sp³-hybridized carbons (Fsp3) is 0.345. The minimum absolute atomic E-state index is 0.0914. The summed E-state index contributed by atoms with van der Waals surface area (Å²) >= 11 is 0. The highest BCUT2D eigenvalue weighted by molar-refractivity contribution is 5.84. The van der Waals surface area contributed by atoms with Gasteiger partial charge >= 0.3 is 0 Å². The van der Waals surface area contributed by atoms with Gasteiger partial charge in [0.1, 0.15) is 11.2 Å². The van der Waals surface area contributed by atoms with Crippen LogP contribution < -0.4 is 10.3 Å². The Bertz CT molecular complexity index is 1360. The third kappa shape index (κ3) is 4.60. The predicted molar refractivity (Wildman–Crippen MR) is 136 cm³/mol. The third-order valence-corrected chi connectivity index (χ3v) is 6.74. The van der Waals surface area contributed by atoms with E-state index in [1.807, 2.05) is 34.9 Å². The molecule has 5 heteroatoms. The Morgan fingerprint density at radius 2 is 1.76 bits per heavy atom. The predicted octanol–water partition coefficient (Wildman–Crippen LogP) is 5.83. The van der Waals surface area contributed by atoms with Crippen molar-refractivity contribution in [3.8, 4) is 17.3 Å². The summed E-state index contributed by atoms with van der Waals surface area (Å²) in [5, 5.41) is 0.469. The molecule has 0 aliphatic heterocycles. The smallest absolute Gasteiger partial charge is 0.267 e. The molecule has 34 heavy (non-hydrogen) atoms. The minimum atomic E-state index is -0.0914. The molecule has 0 unspecified atom stereocenters.